The van der Waals surface area contributed by atoms with Gasteiger partial charge in [0.2, 0.25) is 0 Å². The van der Waals surface area contributed by atoms with Crippen LogP contribution >= 0.6 is 0 Å². The zero-order valence-corrected chi connectivity index (χ0v) is 11.1. The van der Waals surface area contributed by atoms with Gasteiger partial charge in [-0.2, -0.15) is 13.2 Å². The molecule has 1 N–H and O–H groups in total. The van der Waals surface area contributed by atoms with Gasteiger partial charge in [-0.25, -0.2) is 0 Å². The van der Waals surface area contributed by atoms with Crippen molar-refractivity contribution in [2.45, 2.75) is 45.2 Å². The van der Waals surface area contributed by atoms with Gasteiger partial charge >= 0.3 is 6.18 Å². The first-order valence-electron chi connectivity index (χ1n) is 6.88. The van der Waals surface area contributed by atoms with Crippen molar-refractivity contribution in [1.29, 1.82) is 0 Å². The molecule has 1 saturated carbocycles. The highest BCUT2D eigenvalue weighted by atomic mass is 19.4. The van der Waals surface area contributed by atoms with Crippen LogP contribution in [0, 0.1) is 11.8 Å². The molecule has 2 unspecified atom stereocenters. The molecule has 0 radical (unpaired) electrons. The molecule has 0 aliphatic heterocycles. The lowest BCUT2D eigenvalue weighted by atomic mass is 9.71. The highest BCUT2D eigenvalue weighted by Gasteiger charge is 2.30. The summed E-state index contributed by atoms with van der Waals surface area (Å²) in [5.74, 6) is 1.41. The number of nitrogens with one attached hydrogen (secondary N) is 1. The standard InChI is InChI=1S/C13H24F3NO/c1-2-7-17-9-12-6-5-11(12)4-3-8-18-10-13(14,15)16/h11-12,17H,2-10H2,1H3. The van der Waals surface area contributed by atoms with Crippen molar-refractivity contribution in [2.75, 3.05) is 26.3 Å². The average Bonchev–Trinajstić information content (AvgIpc) is 2.26. The number of ether oxygens (including phenoxy) is 1. The van der Waals surface area contributed by atoms with Gasteiger partial charge in [0.25, 0.3) is 0 Å². The van der Waals surface area contributed by atoms with Crippen molar-refractivity contribution in [3.63, 3.8) is 0 Å². The monoisotopic (exact) mass is 267 g/mol. The van der Waals surface area contributed by atoms with E-state index in [2.05, 4.69) is 17.0 Å². The van der Waals surface area contributed by atoms with Crippen LogP contribution in [0.15, 0.2) is 0 Å². The Bertz CT molecular complexity index is 221. The summed E-state index contributed by atoms with van der Waals surface area (Å²) in [6.07, 6.45) is 1.16. The van der Waals surface area contributed by atoms with Gasteiger partial charge in [-0.3, -0.25) is 0 Å². The van der Waals surface area contributed by atoms with Gasteiger partial charge in [0.15, 0.2) is 0 Å². The molecular weight excluding hydrogens is 243 g/mol. The zero-order chi connectivity index (χ0) is 13.4. The van der Waals surface area contributed by atoms with E-state index in [-0.39, 0.29) is 6.61 Å². The van der Waals surface area contributed by atoms with Crippen LogP contribution in [0.1, 0.15) is 39.0 Å². The quantitative estimate of drug-likeness (QED) is 0.647. The third kappa shape index (κ3) is 6.59. The van der Waals surface area contributed by atoms with Gasteiger partial charge in [-0.15, -0.1) is 0 Å². The summed E-state index contributed by atoms with van der Waals surface area (Å²) in [6, 6.07) is 0. The predicted molar refractivity (Wildman–Crippen MR) is 65.5 cm³/mol. The predicted octanol–water partition coefficient (Wildman–Crippen LogP) is 3.37. The molecule has 0 bridgehead atoms. The second kappa shape index (κ2) is 8.00. The summed E-state index contributed by atoms with van der Waals surface area (Å²) in [4.78, 5) is 0. The minimum atomic E-state index is -4.19. The number of rotatable bonds is 9. The summed E-state index contributed by atoms with van der Waals surface area (Å²) >= 11 is 0. The van der Waals surface area contributed by atoms with E-state index in [1.165, 1.54) is 12.8 Å². The van der Waals surface area contributed by atoms with E-state index in [0.717, 1.165) is 38.3 Å². The summed E-state index contributed by atoms with van der Waals surface area (Å²) in [6.45, 7) is 3.37. The van der Waals surface area contributed by atoms with E-state index < -0.39 is 12.8 Å². The largest absolute Gasteiger partial charge is 0.411 e. The van der Waals surface area contributed by atoms with Crippen LogP contribution in [-0.4, -0.2) is 32.5 Å². The van der Waals surface area contributed by atoms with E-state index in [9.17, 15) is 13.2 Å². The van der Waals surface area contributed by atoms with Crippen LogP contribution in [0.2, 0.25) is 0 Å². The molecular formula is C13H24F3NO. The third-order valence-corrected chi connectivity index (χ3v) is 3.54. The van der Waals surface area contributed by atoms with E-state index in [0.29, 0.717) is 5.92 Å². The Morgan fingerprint density at radius 2 is 1.94 bits per heavy atom. The maximum atomic E-state index is 11.8. The van der Waals surface area contributed by atoms with Crippen molar-refractivity contribution in [1.82, 2.24) is 5.32 Å². The maximum absolute atomic E-state index is 11.8. The first-order valence-corrected chi connectivity index (χ1v) is 6.88. The fourth-order valence-electron chi connectivity index (χ4n) is 2.39. The second-order valence-corrected chi connectivity index (χ2v) is 5.11. The summed E-state index contributed by atoms with van der Waals surface area (Å²) < 4.78 is 40.1. The highest BCUT2D eigenvalue weighted by Crippen LogP contribution is 2.37. The fourth-order valence-corrected chi connectivity index (χ4v) is 2.39. The fraction of sp³-hybridized carbons (Fsp3) is 1.00. The molecule has 0 heterocycles. The lowest BCUT2D eigenvalue weighted by molar-refractivity contribution is -0.174. The molecule has 1 rings (SSSR count). The van der Waals surface area contributed by atoms with Crippen molar-refractivity contribution in [3.05, 3.63) is 0 Å². The van der Waals surface area contributed by atoms with Crippen molar-refractivity contribution < 1.29 is 17.9 Å². The van der Waals surface area contributed by atoms with Crippen LogP contribution in [0.25, 0.3) is 0 Å². The molecule has 2 nitrogen and oxygen atoms in total. The third-order valence-electron chi connectivity index (χ3n) is 3.54. The van der Waals surface area contributed by atoms with E-state index in [1.54, 1.807) is 0 Å². The Morgan fingerprint density at radius 3 is 2.50 bits per heavy atom. The van der Waals surface area contributed by atoms with Crippen LogP contribution in [0.4, 0.5) is 13.2 Å². The van der Waals surface area contributed by atoms with E-state index >= 15 is 0 Å². The molecule has 2 atom stereocenters. The zero-order valence-electron chi connectivity index (χ0n) is 11.1. The number of hydrogen-bond acceptors (Lipinski definition) is 2. The van der Waals surface area contributed by atoms with Crippen molar-refractivity contribution >= 4 is 0 Å². The molecule has 5 heteroatoms. The van der Waals surface area contributed by atoms with Crippen molar-refractivity contribution in [2.24, 2.45) is 11.8 Å². The van der Waals surface area contributed by atoms with E-state index in [1.807, 2.05) is 0 Å². The van der Waals surface area contributed by atoms with Gasteiger partial charge in [0.1, 0.15) is 6.61 Å². The maximum Gasteiger partial charge on any atom is 0.411 e. The van der Waals surface area contributed by atoms with Gasteiger partial charge in [-0.1, -0.05) is 6.92 Å². The average molecular weight is 267 g/mol. The number of halogens is 3. The Kier molecular flexibility index (Phi) is 7.00. The Hall–Kier alpha value is -0.290. The molecule has 0 spiro atoms. The smallest absolute Gasteiger partial charge is 0.372 e. The Morgan fingerprint density at radius 1 is 1.22 bits per heavy atom. The van der Waals surface area contributed by atoms with Crippen LogP contribution in [-0.2, 0) is 4.74 Å². The van der Waals surface area contributed by atoms with Gasteiger partial charge < -0.3 is 10.1 Å². The summed E-state index contributed by atoms with van der Waals surface area (Å²) in [5.41, 5.74) is 0. The second-order valence-electron chi connectivity index (χ2n) is 5.11. The van der Waals surface area contributed by atoms with Gasteiger partial charge in [0.05, 0.1) is 0 Å². The first-order chi connectivity index (χ1) is 8.53. The van der Waals surface area contributed by atoms with Crippen molar-refractivity contribution in [3.8, 4) is 0 Å². The molecule has 1 fully saturated rings. The highest BCUT2D eigenvalue weighted by molar-refractivity contribution is 4.82. The summed E-state index contributed by atoms with van der Waals surface area (Å²) in [5, 5.41) is 3.41. The molecule has 0 amide bonds. The number of alkyl halides is 3. The SMILES string of the molecule is CCCNCC1CCC1CCCOCC(F)(F)F. The molecule has 1 aliphatic carbocycles. The molecule has 0 aromatic heterocycles. The molecule has 18 heavy (non-hydrogen) atoms. The minimum absolute atomic E-state index is 0.227. The van der Waals surface area contributed by atoms with Crippen LogP contribution in [0.3, 0.4) is 0 Å². The lowest BCUT2D eigenvalue weighted by Crippen LogP contribution is -2.35. The topological polar surface area (TPSA) is 21.3 Å². The van der Waals surface area contributed by atoms with Crippen LogP contribution < -0.4 is 5.32 Å². The molecule has 1 aliphatic rings. The lowest BCUT2D eigenvalue weighted by Gasteiger charge is -2.37. The number of hydrogen-bond donors (Lipinski definition) is 1. The molecule has 0 aromatic carbocycles. The minimum Gasteiger partial charge on any atom is -0.372 e. The molecule has 0 saturated heterocycles. The Balaban J connectivity index is 1.96. The first kappa shape index (κ1) is 15.8. The van der Waals surface area contributed by atoms with Gasteiger partial charge in [0, 0.05) is 6.61 Å². The Labute approximate surface area is 107 Å². The normalized spacial score (nSPS) is 24.0. The van der Waals surface area contributed by atoms with E-state index in [4.69, 9.17) is 0 Å². The molecule has 108 valence electrons. The molecule has 0 aromatic rings. The van der Waals surface area contributed by atoms with Crippen LogP contribution in [0.5, 0.6) is 0 Å². The van der Waals surface area contributed by atoms with Gasteiger partial charge in [-0.05, 0) is 57.0 Å². The summed E-state index contributed by atoms with van der Waals surface area (Å²) in [7, 11) is 0.